The van der Waals surface area contributed by atoms with Crippen LogP contribution in [0.2, 0.25) is 0 Å². The Hall–Kier alpha value is -3.75. The summed E-state index contributed by atoms with van der Waals surface area (Å²) in [5, 5.41) is 2.68. The molecule has 0 aliphatic rings. The van der Waals surface area contributed by atoms with Gasteiger partial charge in [0.1, 0.15) is 11.5 Å². The van der Waals surface area contributed by atoms with E-state index >= 15 is 0 Å². The van der Waals surface area contributed by atoms with Crippen molar-refractivity contribution in [2.45, 2.75) is 53.0 Å². The molecule has 0 aliphatic carbocycles. The minimum atomic E-state index is -0.335. The quantitative estimate of drug-likeness (QED) is 0.326. The molecule has 3 rings (SSSR count). The number of nitrogens with zero attached hydrogens (tertiary/aromatic N) is 3. The molecule has 8 nitrogen and oxygen atoms in total. The standard InChI is InChI=1S/C27H34FN5O3/c1-17(2)14-20-25(28)18(3)29-22-15-19(30-26(20)22)16-33-13-9-10-21(27(33)36)31-23(34)11-7-6-8-12-24(35)32(4)5/h8-10,12-13,15,17,30H,6-7,11,14,16H2,1-5H3,(H,31,34). The van der Waals surface area contributed by atoms with Crippen LogP contribution in [0.5, 0.6) is 0 Å². The summed E-state index contributed by atoms with van der Waals surface area (Å²) >= 11 is 0. The zero-order chi connectivity index (χ0) is 26.4. The number of pyridine rings is 2. The predicted molar refractivity (Wildman–Crippen MR) is 139 cm³/mol. The Morgan fingerprint density at radius 1 is 1.31 bits per heavy atom. The second kappa shape index (κ2) is 11.8. The zero-order valence-corrected chi connectivity index (χ0v) is 21.5. The molecule has 192 valence electrons. The molecule has 3 aromatic rings. The minimum absolute atomic E-state index is 0.105. The molecule has 0 saturated heterocycles. The van der Waals surface area contributed by atoms with Gasteiger partial charge in [-0.05, 0) is 56.4 Å². The Morgan fingerprint density at radius 2 is 2.06 bits per heavy atom. The number of rotatable bonds is 10. The van der Waals surface area contributed by atoms with Crippen LogP contribution in [0.1, 0.15) is 50.1 Å². The first-order chi connectivity index (χ1) is 17.1. The average Bonchev–Trinajstić information content (AvgIpc) is 3.20. The molecule has 36 heavy (non-hydrogen) atoms. The number of aryl methyl sites for hydroxylation is 1. The number of likely N-dealkylation sites (N-methyl/N-ethyl adjacent to an activating group) is 1. The van der Waals surface area contributed by atoms with E-state index in [1.165, 1.54) is 15.5 Å². The third kappa shape index (κ3) is 6.68. The van der Waals surface area contributed by atoms with Gasteiger partial charge in [0.25, 0.3) is 5.56 Å². The van der Waals surface area contributed by atoms with Crippen molar-refractivity contribution in [3.63, 3.8) is 0 Å². The smallest absolute Gasteiger partial charge is 0.274 e. The van der Waals surface area contributed by atoms with Gasteiger partial charge in [0.2, 0.25) is 11.8 Å². The highest BCUT2D eigenvalue weighted by molar-refractivity contribution is 5.90. The number of carbonyl (C=O) groups excluding carboxylic acids is 2. The third-order valence-electron chi connectivity index (χ3n) is 5.75. The maximum atomic E-state index is 14.8. The molecule has 9 heteroatoms. The monoisotopic (exact) mass is 495 g/mol. The van der Waals surface area contributed by atoms with Crippen molar-refractivity contribution in [3.8, 4) is 0 Å². The number of hydrogen-bond acceptors (Lipinski definition) is 4. The minimum Gasteiger partial charge on any atom is -0.355 e. The first-order valence-corrected chi connectivity index (χ1v) is 12.1. The van der Waals surface area contributed by atoms with Crippen LogP contribution in [0.4, 0.5) is 10.1 Å². The molecule has 0 atom stereocenters. The number of aromatic nitrogens is 3. The molecule has 0 unspecified atom stereocenters. The van der Waals surface area contributed by atoms with E-state index in [4.69, 9.17) is 0 Å². The van der Waals surface area contributed by atoms with E-state index in [1.54, 1.807) is 45.4 Å². The van der Waals surface area contributed by atoms with Gasteiger partial charge in [-0.15, -0.1) is 0 Å². The fourth-order valence-corrected chi connectivity index (χ4v) is 3.93. The zero-order valence-electron chi connectivity index (χ0n) is 21.5. The number of nitrogens with one attached hydrogen (secondary N) is 2. The van der Waals surface area contributed by atoms with E-state index in [0.717, 1.165) is 5.69 Å². The lowest BCUT2D eigenvalue weighted by Gasteiger charge is -2.10. The van der Waals surface area contributed by atoms with Gasteiger partial charge in [0.15, 0.2) is 0 Å². The number of halogens is 1. The molecule has 0 aromatic carbocycles. The molecule has 0 fully saturated rings. The first kappa shape index (κ1) is 26.8. The SMILES string of the molecule is Cc1nc2cc(Cn3cccc(NC(=O)CCCC=CC(=O)N(C)C)c3=O)[nH]c2c(CC(C)C)c1F. The molecule has 0 saturated carbocycles. The summed E-state index contributed by atoms with van der Waals surface area (Å²) in [6, 6.07) is 5.10. The van der Waals surface area contributed by atoms with Gasteiger partial charge < -0.3 is 19.8 Å². The van der Waals surface area contributed by atoms with Gasteiger partial charge in [-0.3, -0.25) is 14.4 Å². The molecule has 0 bridgehead atoms. The van der Waals surface area contributed by atoms with Crippen molar-refractivity contribution in [2.24, 2.45) is 5.92 Å². The summed E-state index contributed by atoms with van der Waals surface area (Å²) in [6.07, 6.45) is 6.81. The van der Waals surface area contributed by atoms with Crippen molar-refractivity contribution in [1.82, 2.24) is 19.4 Å². The lowest BCUT2D eigenvalue weighted by atomic mass is 10.0. The molecule has 0 radical (unpaired) electrons. The van der Waals surface area contributed by atoms with Crippen LogP contribution in [0.3, 0.4) is 0 Å². The highest BCUT2D eigenvalue weighted by Crippen LogP contribution is 2.25. The van der Waals surface area contributed by atoms with Crippen LogP contribution in [0.25, 0.3) is 11.0 Å². The van der Waals surface area contributed by atoms with Gasteiger partial charge in [-0.1, -0.05) is 19.9 Å². The Kier molecular flexibility index (Phi) is 8.79. The van der Waals surface area contributed by atoms with E-state index < -0.39 is 0 Å². The maximum absolute atomic E-state index is 14.8. The molecule has 0 aliphatic heterocycles. The van der Waals surface area contributed by atoms with Crippen LogP contribution < -0.4 is 10.9 Å². The number of unbranched alkanes of at least 4 members (excludes halogenated alkanes) is 1. The van der Waals surface area contributed by atoms with Crippen LogP contribution in [0, 0.1) is 18.7 Å². The highest BCUT2D eigenvalue weighted by Gasteiger charge is 2.17. The van der Waals surface area contributed by atoms with Crippen LogP contribution >= 0.6 is 0 Å². The summed E-state index contributed by atoms with van der Waals surface area (Å²) in [5.41, 5.74) is 2.85. The maximum Gasteiger partial charge on any atom is 0.274 e. The number of H-pyrrole nitrogens is 1. The van der Waals surface area contributed by atoms with Gasteiger partial charge >= 0.3 is 0 Å². The van der Waals surface area contributed by atoms with E-state index in [2.05, 4.69) is 15.3 Å². The Balaban J connectivity index is 1.70. The second-order valence-corrected chi connectivity index (χ2v) is 9.57. The number of hydrogen-bond donors (Lipinski definition) is 2. The van der Waals surface area contributed by atoms with Crippen LogP contribution in [0.15, 0.2) is 41.3 Å². The molecule has 2 amide bonds. The van der Waals surface area contributed by atoms with Gasteiger partial charge in [0.05, 0.1) is 23.3 Å². The Bertz CT molecular complexity index is 1340. The van der Waals surface area contributed by atoms with Gasteiger partial charge in [-0.25, -0.2) is 9.37 Å². The van der Waals surface area contributed by atoms with Gasteiger partial charge in [-0.2, -0.15) is 0 Å². The van der Waals surface area contributed by atoms with Crippen molar-refractivity contribution in [3.05, 3.63) is 69.7 Å². The van der Waals surface area contributed by atoms with Crippen LogP contribution in [-0.4, -0.2) is 45.3 Å². The van der Waals surface area contributed by atoms with Crippen molar-refractivity contribution in [2.75, 3.05) is 19.4 Å². The lowest BCUT2D eigenvalue weighted by molar-refractivity contribution is -0.123. The van der Waals surface area contributed by atoms with Crippen LogP contribution in [-0.2, 0) is 22.6 Å². The number of allylic oxidation sites excluding steroid dienone is 1. The van der Waals surface area contributed by atoms with Crippen molar-refractivity contribution < 1.29 is 14.0 Å². The predicted octanol–water partition coefficient (Wildman–Crippen LogP) is 4.17. The average molecular weight is 496 g/mol. The highest BCUT2D eigenvalue weighted by atomic mass is 19.1. The fourth-order valence-electron chi connectivity index (χ4n) is 3.93. The normalized spacial score (nSPS) is 11.5. The van der Waals surface area contributed by atoms with E-state index in [1.807, 2.05) is 19.9 Å². The molecule has 2 N–H and O–H groups in total. The summed E-state index contributed by atoms with van der Waals surface area (Å²) in [4.78, 5) is 45.9. The molecule has 3 heterocycles. The lowest BCUT2D eigenvalue weighted by Crippen LogP contribution is -2.25. The Labute approximate surface area is 210 Å². The summed E-state index contributed by atoms with van der Waals surface area (Å²) in [6.45, 7) is 5.95. The molecule has 3 aromatic heterocycles. The number of carbonyl (C=O) groups is 2. The molecular weight excluding hydrogens is 461 g/mol. The Morgan fingerprint density at radius 3 is 2.75 bits per heavy atom. The number of fused-ring (bicyclic) bond motifs is 1. The van der Waals surface area contributed by atoms with Crippen molar-refractivity contribution in [1.29, 1.82) is 0 Å². The topological polar surface area (TPSA) is 100 Å². The molecular formula is C27H34FN5O3. The van der Waals surface area contributed by atoms with E-state index in [0.29, 0.717) is 41.6 Å². The third-order valence-corrected chi connectivity index (χ3v) is 5.75. The first-order valence-electron chi connectivity index (χ1n) is 12.1. The summed E-state index contributed by atoms with van der Waals surface area (Å²) < 4.78 is 16.3. The number of amides is 2. The van der Waals surface area contributed by atoms with Crippen molar-refractivity contribution >= 4 is 28.5 Å². The van der Waals surface area contributed by atoms with E-state index in [-0.39, 0.29) is 47.8 Å². The fraction of sp³-hybridized carbons (Fsp3) is 0.407. The number of anilines is 1. The summed E-state index contributed by atoms with van der Waals surface area (Å²) in [5.74, 6) is -0.398. The number of aromatic amines is 1. The summed E-state index contributed by atoms with van der Waals surface area (Å²) in [7, 11) is 3.35. The molecule has 0 spiro atoms. The second-order valence-electron chi connectivity index (χ2n) is 9.57. The van der Waals surface area contributed by atoms with Gasteiger partial charge in [0, 0.05) is 38.0 Å². The van der Waals surface area contributed by atoms with E-state index in [9.17, 15) is 18.8 Å². The largest absolute Gasteiger partial charge is 0.355 e.